The molecule has 0 aromatic rings. The molecule has 2 saturated heterocycles. The average molecular weight is 417 g/mol. The molecule has 2 heterocycles. The summed E-state index contributed by atoms with van der Waals surface area (Å²) in [5.41, 5.74) is 1.23. The van der Waals surface area contributed by atoms with E-state index < -0.39 is 38.0 Å². The van der Waals surface area contributed by atoms with Gasteiger partial charge in [-0.25, -0.2) is 8.37 Å². The Morgan fingerprint density at radius 1 is 1.15 bits per heavy atom. The van der Waals surface area contributed by atoms with Crippen LogP contribution in [0.25, 0.3) is 0 Å². The number of carbonyl (C=O) groups excluding carboxylic acids is 1. The molecule has 0 aromatic carbocycles. The van der Waals surface area contributed by atoms with E-state index in [1.165, 1.54) is 6.92 Å². The number of amides is 1. The maximum atomic E-state index is 12.6. The third kappa shape index (κ3) is 4.69. The van der Waals surface area contributed by atoms with Crippen LogP contribution < -0.4 is 11.1 Å². The zero-order valence-corrected chi connectivity index (χ0v) is 16.1. The molecule has 0 radical (unpaired) electrons. The lowest BCUT2D eigenvalue weighted by molar-refractivity contribution is -0.156. The standard InChI is InChI=1S/C12H23N3O9S2/c1-3-11(2)12(13,23-26(19,20)24-25(17,18)22-11)10(16)14-4-5-15-6-8-21-9-7-15/h3-9,13H2,1-2H3,(H,14,16). The lowest BCUT2D eigenvalue weighted by atomic mass is 9.89. The predicted octanol–water partition coefficient (Wildman–Crippen LogP) is -2.19. The van der Waals surface area contributed by atoms with E-state index in [0.29, 0.717) is 32.8 Å². The Bertz CT molecular complexity index is 735. The van der Waals surface area contributed by atoms with Gasteiger partial charge in [-0.15, -0.1) is 3.63 Å². The Balaban J connectivity index is 2.17. The monoisotopic (exact) mass is 417 g/mol. The molecule has 152 valence electrons. The third-order valence-electron chi connectivity index (χ3n) is 4.30. The molecule has 0 aromatic heterocycles. The maximum Gasteiger partial charge on any atom is 0.418 e. The first-order valence-corrected chi connectivity index (χ1v) is 10.6. The number of morpholine rings is 1. The second-order valence-corrected chi connectivity index (χ2v) is 8.59. The van der Waals surface area contributed by atoms with Gasteiger partial charge in [0.25, 0.3) is 5.91 Å². The van der Waals surface area contributed by atoms with Gasteiger partial charge in [0.15, 0.2) is 0 Å². The van der Waals surface area contributed by atoms with Gasteiger partial charge in [-0.1, -0.05) is 6.92 Å². The van der Waals surface area contributed by atoms with Crippen molar-refractivity contribution in [3.63, 3.8) is 0 Å². The van der Waals surface area contributed by atoms with E-state index in [9.17, 15) is 21.6 Å². The molecule has 2 unspecified atom stereocenters. The van der Waals surface area contributed by atoms with Crippen molar-refractivity contribution in [1.82, 2.24) is 10.2 Å². The van der Waals surface area contributed by atoms with Crippen LogP contribution in [0.1, 0.15) is 20.3 Å². The van der Waals surface area contributed by atoms with Gasteiger partial charge in [-0.05, 0) is 13.3 Å². The molecule has 0 saturated carbocycles. The first kappa shape index (κ1) is 21.4. The first-order valence-electron chi connectivity index (χ1n) is 7.92. The van der Waals surface area contributed by atoms with E-state index in [0.717, 1.165) is 6.92 Å². The van der Waals surface area contributed by atoms with Crippen LogP contribution >= 0.6 is 0 Å². The summed E-state index contributed by atoms with van der Waals surface area (Å²) in [6.45, 7) is 5.74. The van der Waals surface area contributed by atoms with Gasteiger partial charge in [0.2, 0.25) is 5.72 Å². The molecule has 2 fully saturated rings. The molecule has 14 heteroatoms. The van der Waals surface area contributed by atoms with Crippen molar-refractivity contribution < 1.29 is 38.4 Å². The van der Waals surface area contributed by atoms with Crippen LogP contribution in [0.3, 0.4) is 0 Å². The van der Waals surface area contributed by atoms with E-state index in [-0.39, 0.29) is 13.0 Å². The normalized spacial score (nSPS) is 34.7. The van der Waals surface area contributed by atoms with Crippen LogP contribution in [-0.2, 0) is 42.3 Å². The highest BCUT2D eigenvalue weighted by atomic mass is 32.3. The third-order valence-corrected chi connectivity index (χ3v) is 6.67. The van der Waals surface area contributed by atoms with E-state index in [1.54, 1.807) is 0 Å². The number of nitrogens with zero attached hydrogens (tertiary/aromatic N) is 1. The summed E-state index contributed by atoms with van der Waals surface area (Å²) >= 11 is 0. The van der Waals surface area contributed by atoms with Gasteiger partial charge >= 0.3 is 20.8 Å². The van der Waals surface area contributed by atoms with Crippen LogP contribution in [0.4, 0.5) is 0 Å². The molecular weight excluding hydrogens is 394 g/mol. The van der Waals surface area contributed by atoms with Crippen molar-refractivity contribution in [3.05, 3.63) is 0 Å². The summed E-state index contributed by atoms with van der Waals surface area (Å²) in [6, 6.07) is 0. The van der Waals surface area contributed by atoms with Gasteiger partial charge in [-0.3, -0.25) is 15.4 Å². The van der Waals surface area contributed by atoms with Crippen molar-refractivity contribution in [1.29, 1.82) is 0 Å². The van der Waals surface area contributed by atoms with Gasteiger partial charge < -0.3 is 10.1 Å². The van der Waals surface area contributed by atoms with E-state index in [4.69, 9.17) is 14.7 Å². The summed E-state index contributed by atoms with van der Waals surface area (Å²) in [4.78, 5) is 14.6. The van der Waals surface area contributed by atoms with E-state index >= 15 is 0 Å². The second-order valence-electron chi connectivity index (χ2n) is 6.08. The SMILES string of the molecule is CCC1(C)OS(=O)(=O)OS(=O)(=O)OC1(N)C(=O)NCCN1CCOCC1. The lowest BCUT2D eigenvalue weighted by Gasteiger charge is -2.38. The highest BCUT2D eigenvalue weighted by Crippen LogP contribution is 2.36. The van der Waals surface area contributed by atoms with Crippen molar-refractivity contribution in [2.24, 2.45) is 5.73 Å². The highest BCUT2D eigenvalue weighted by Gasteiger charge is 2.61. The fourth-order valence-electron chi connectivity index (χ4n) is 2.55. The second kappa shape index (κ2) is 7.63. The zero-order chi connectivity index (χ0) is 19.6. The molecule has 2 rings (SSSR count). The Labute approximate surface area is 152 Å². The lowest BCUT2D eigenvalue weighted by Crippen LogP contribution is -2.69. The van der Waals surface area contributed by atoms with Crippen molar-refractivity contribution in [2.75, 3.05) is 39.4 Å². The first-order chi connectivity index (χ1) is 11.9. The molecular formula is C12H23N3O9S2. The molecule has 0 aliphatic carbocycles. The Morgan fingerprint density at radius 3 is 2.31 bits per heavy atom. The fraction of sp³-hybridized carbons (Fsp3) is 0.917. The molecule has 0 bridgehead atoms. The minimum atomic E-state index is -5.13. The number of hydrogen-bond donors (Lipinski definition) is 2. The number of nitrogens with one attached hydrogen (secondary N) is 1. The Hall–Kier alpha value is -0.870. The van der Waals surface area contributed by atoms with Crippen LogP contribution in [0, 0.1) is 0 Å². The number of hydrogen-bond acceptors (Lipinski definition) is 11. The van der Waals surface area contributed by atoms with Gasteiger partial charge in [0.1, 0.15) is 5.60 Å². The van der Waals surface area contributed by atoms with Crippen molar-refractivity contribution in [3.8, 4) is 0 Å². The van der Waals surface area contributed by atoms with Crippen molar-refractivity contribution in [2.45, 2.75) is 31.6 Å². The van der Waals surface area contributed by atoms with E-state index in [1.807, 2.05) is 4.90 Å². The predicted molar refractivity (Wildman–Crippen MR) is 87.0 cm³/mol. The highest BCUT2D eigenvalue weighted by molar-refractivity contribution is 7.95. The number of nitrogens with two attached hydrogens (primary N) is 1. The van der Waals surface area contributed by atoms with Crippen LogP contribution in [0.5, 0.6) is 0 Å². The van der Waals surface area contributed by atoms with Crippen molar-refractivity contribution >= 4 is 26.7 Å². The fourth-order valence-corrected chi connectivity index (χ4v) is 4.85. The van der Waals surface area contributed by atoms with Crippen LogP contribution in [-0.4, -0.2) is 78.4 Å². The average Bonchev–Trinajstić information content (AvgIpc) is 2.58. The maximum absolute atomic E-state index is 12.6. The van der Waals surface area contributed by atoms with Gasteiger partial charge in [0, 0.05) is 26.2 Å². The molecule has 3 N–H and O–H groups in total. The summed E-state index contributed by atoms with van der Waals surface area (Å²) in [7, 11) is -10.1. The van der Waals surface area contributed by atoms with Crippen LogP contribution in [0.2, 0.25) is 0 Å². The summed E-state index contributed by atoms with van der Waals surface area (Å²) in [6.07, 6.45) is -0.154. The number of carbonyl (C=O) groups is 1. The molecule has 26 heavy (non-hydrogen) atoms. The van der Waals surface area contributed by atoms with Gasteiger partial charge in [-0.2, -0.15) is 16.8 Å². The summed E-state index contributed by atoms with van der Waals surface area (Å²) in [5, 5.41) is 2.46. The number of rotatable bonds is 5. The van der Waals surface area contributed by atoms with Gasteiger partial charge in [0.05, 0.1) is 13.2 Å². The van der Waals surface area contributed by atoms with E-state index in [2.05, 4.69) is 13.1 Å². The minimum Gasteiger partial charge on any atom is -0.379 e. The molecule has 2 aliphatic heterocycles. The largest absolute Gasteiger partial charge is 0.418 e. The zero-order valence-electron chi connectivity index (χ0n) is 14.5. The topological polar surface area (TPSA) is 164 Å². The Kier molecular flexibility index (Phi) is 6.29. The summed E-state index contributed by atoms with van der Waals surface area (Å²) in [5.74, 6) is -1.04. The quantitative estimate of drug-likeness (QED) is 0.499. The molecule has 0 spiro atoms. The van der Waals surface area contributed by atoms with Crippen LogP contribution in [0.15, 0.2) is 0 Å². The molecule has 12 nitrogen and oxygen atoms in total. The summed E-state index contributed by atoms with van der Waals surface area (Å²) < 4.78 is 65.3. The Morgan fingerprint density at radius 2 is 1.73 bits per heavy atom. The number of ether oxygens (including phenoxy) is 1. The minimum absolute atomic E-state index is 0.134. The molecule has 1 amide bonds. The molecule has 2 aliphatic rings. The smallest absolute Gasteiger partial charge is 0.379 e. The molecule has 2 atom stereocenters.